The molecular formula is C34H34Cl2Si2Zr. The molecule has 196 valence electrons. The van der Waals surface area contributed by atoms with Crippen molar-refractivity contribution in [3.8, 4) is 22.3 Å². The maximum absolute atomic E-state index is 2.71. The second kappa shape index (κ2) is 10.2. The largest absolute Gasteiger partial charge is 1.00 e. The summed E-state index contributed by atoms with van der Waals surface area (Å²) in [6.07, 6.45) is 2.91. The van der Waals surface area contributed by atoms with Gasteiger partial charge in [0.15, 0.2) is 0 Å². The van der Waals surface area contributed by atoms with Gasteiger partial charge in [0, 0.05) is 0 Å². The van der Waals surface area contributed by atoms with Crippen LogP contribution in [0.3, 0.4) is 0 Å². The fourth-order valence-electron chi connectivity index (χ4n) is 8.38. The van der Waals surface area contributed by atoms with E-state index in [1.54, 1.807) is 51.1 Å². The maximum Gasteiger partial charge on any atom is -1.00 e. The molecule has 5 heteroatoms. The fraction of sp³-hybridized carbons (Fsp3) is 0.294. The van der Waals surface area contributed by atoms with E-state index >= 15 is 0 Å². The third-order valence-corrected chi connectivity index (χ3v) is 24.0. The molecule has 2 heterocycles. The molecule has 4 aromatic rings. The van der Waals surface area contributed by atoms with Crippen LogP contribution in [-0.2, 0) is 23.2 Å². The molecule has 0 aromatic heterocycles. The smallest absolute Gasteiger partial charge is 1.00 e. The van der Waals surface area contributed by atoms with Crippen LogP contribution in [0.2, 0.25) is 37.3 Å². The van der Waals surface area contributed by atoms with Crippen molar-refractivity contribution < 1.29 is 48.0 Å². The van der Waals surface area contributed by atoms with Crippen LogP contribution in [0.5, 0.6) is 0 Å². The topological polar surface area (TPSA) is 0 Å². The van der Waals surface area contributed by atoms with Gasteiger partial charge in [0.25, 0.3) is 0 Å². The predicted octanol–water partition coefficient (Wildman–Crippen LogP) is 2.00. The summed E-state index contributed by atoms with van der Waals surface area (Å²) in [4.78, 5) is 0. The maximum atomic E-state index is 2.71. The summed E-state index contributed by atoms with van der Waals surface area (Å²) in [5, 5.41) is 0. The first-order valence-electron chi connectivity index (χ1n) is 14.3. The number of halogens is 2. The van der Waals surface area contributed by atoms with Crippen molar-refractivity contribution >= 4 is 22.7 Å². The molecule has 2 unspecified atom stereocenters. The molecule has 4 aliphatic rings. The minimum Gasteiger partial charge on any atom is -1.00 e. The second-order valence-corrected chi connectivity index (χ2v) is 25.7. The number of benzene rings is 4. The summed E-state index contributed by atoms with van der Waals surface area (Å²) >= 11 is -0.987. The van der Waals surface area contributed by atoms with Gasteiger partial charge in [-0.15, -0.1) is 0 Å². The second-order valence-electron chi connectivity index (χ2n) is 12.7. The zero-order chi connectivity index (χ0) is 24.8. The molecule has 0 nitrogen and oxygen atoms in total. The summed E-state index contributed by atoms with van der Waals surface area (Å²) in [5.74, 6) is 0. The van der Waals surface area contributed by atoms with Crippen molar-refractivity contribution in [2.45, 2.75) is 61.2 Å². The molecule has 0 spiro atoms. The van der Waals surface area contributed by atoms with Gasteiger partial charge in [-0.3, -0.25) is 0 Å². The molecular weight excluding hydrogens is 627 g/mol. The molecule has 0 N–H and O–H groups in total. The van der Waals surface area contributed by atoms with Gasteiger partial charge in [-0.25, -0.2) is 0 Å². The Balaban J connectivity index is 0.00000138. The van der Waals surface area contributed by atoms with Crippen molar-refractivity contribution in [2.24, 2.45) is 0 Å². The van der Waals surface area contributed by atoms with Gasteiger partial charge in [0.2, 0.25) is 0 Å². The van der Waals surface area contributed by atoms with Crippen LogP contribution < -0.4 is 31.4 Å². The average Bonchev–Trinajstić information content (AvgIpc) is 3.41. The predicted molar refractivity (Wildman–Crippen MR) is 158 cm³/mol. The van der Waals surface area contributed by atoms with E-state index < -0.39 is 39.4 Å². The van der Waals surface area contributed by atoms with Crippen molar-refractivity contribution in [1.29, 1.82) is 0 Å². The minimum absolute atomic E-state index is 0. The molecule has 0 bridgehead atoms. The Labute approximate surface area is 259 Å². The first-order valence-corrected chi connectivity index (χ1v) is 22.7. The summed E-state index contributed by atoms with van der Waals surface area (Å²) in [7, 11) is -2.59. The number of rotatable bonds is 4. The van der Waals surface area contributed by atoms with Gasteiger partial charge in [-0.1, -0.05) is 0 Å². The number of fused-ring (bicyclic) bond motifs is 6. The van der Waals surface area contributed by atoms with Gasteiger partial charge < -0.3 is 24.8 Å². The molecule has 0 amide bonds. The minimum atomic E-state index is -1.29. The van der Waals surface area contributed by atoms with Crippen molar-refractivity contribution in [2.75, 3.05) is 0 Å². The van der Waals surface area contributed by atoms with Gasteiger partial charge in [0.05, 0.1) is 0 Å². The quantitative estimate of drug-likeness (QED) is 0.294. The van der Waals surface area contributed by atoms with E-state index in [2.05, 4.69) is 98.0 Å². The Morgan fingerprint density at radius 3 is 1.28 bits per heavy atom. The first kappa shape index (κ1) is 27.9. The van der Waals surface area contributed by atoms with E-state index in [1.165, 1.54) is 37.0 Å². The van der Waals surface area contributed by atoms with Crippen LogP contribution in [0.15, 0.2) is 84.9 Å². The number of hydrogen-bond acceptors (Lipinski definition) is 0. The van der Waals surface area contributed by atoms with Gasteiger partial charge in [-0.05, 0) is 0 Å². The zero-order valence-corrected chi connectivity index (χ0v) is 28.7. The molecule has 2 saturated heterocycles. The van der Waals surface area contributed by atoms with E-state index in [9.17, 15) is 0 Å². The molecule has 2 aliphatic heterocycles. The van der Waals surface area contributed by atoms with E-state index in [0.29, 0.717) is 11.1 Å². The monoisotopic (exact) mass is 658 g/mol. The Hall–Kier alpha value is -1.22. The third kappa shape index (κ3) is 4.05. The Morgan fingerprint density at radius 1 is 0.513 bits per heavy atom. The van der Waals surface area contributed by atoms with Crippen molar-refractivity contribution in [1.82, 2.24) is 0 Å². The number of hydrogen-bond donors (Lipinski definition) is 0. The van der Waals surface area contributed by atoms with Crippen LogP contribution >= 0.6 is 0 Å². The standard InChI is InChI=1S/2C17H17Si.2ClH.Zr/c2*1-18(11-6-12-18)17-15-9-4-2-7-13(15)14-8-3-5-10-16(14)17;;;/h2*2-5,7-9,17H,6,11-12H2,1H3;2*1H;/q;;;;+2/p-2. The van der Waals surface area contributed by atoms with Gasteiger partial charge in [-0.2, -0.15) is 0 Å². The van der Waals surface area contributed by atoms with Crippen molar-refractivity contribution in [3.63, 3.8) is 0 Å². The summed E-state index contributed by atoms with van der Waals surface area (Å²) in [6, 6.07) is 39.7. The van der Waals surface area contributed by atoms with Crippen LogP contribution in [-0.4, -0.2) is 16.1 Å². The van der Waals surface area contributed by atoms with Gasteiger partial charge >= 0.3 is 237 Å². The van der Waals surface area contributed by atoms with E-state index in [0.717, 1.165) is 0 Å². The SMILES string of the molecule is C[Si]1(C2c3ccccc3-c3ccc[c]([Zr+2][c]4cccc5c4C([Si]4(C)CCC4)c4ccccc4-5)c32)CCC1.[Cl-].[Cl-]. The van der Waals surface area contributed by atoms with E-state index in [1.807, 2.05) is 0 Å². The molecule has 2 atom stereocenters. The average molecular weight is 661 g/mol. The van der Waals surface area contributed by atoms with Crippen LogP contribution in [0, 0.1) is 0 Å². The summed E-state index contributed by atoms with van der Waals surface area (Å²) in [6.45, 7) is 5.43. The molecule has 0 radical (unpaired) electrons. The Bertz CT molecular complexity index is 1460. The zero-order valence-electron chi connectivity index (χ0n) is 22.7. The summed E-state index contributed by atoms with van der Waals surface area (Å²) < 4.78 is 3.54. The Morgan fingerprint density at radius 2 is 0.897 bits per heavy atom. The van der Waals surface area contributed by atoms with E-state index in [4.69, 9.17) is 0 Å². The molecule has 8 rings (SSSR count). The van der Waals surface area contributed by atoms with Crippen LogP contribution in [0.25, 0.3) is 22.3 Å². The summed E-state index contributed by atoms with van der Waals surface area (Å²) in [5.41, 5.74) is 14.6. The van der Waals surface area contributed by atoms with E-state index in [-0.39, 0.29) is 24.8 Å². The van der Waals surface area contributed by atoms with Crippen molar-refractivity contribution in [3.05, 3.63) is 107 Å². The third-order valence-electron chi connectivity index (χ3n) is 10.6. The molecule has 4 aromatic carbocycles. The van der Waals surface area contributed by atoms with Crippen LogP contribution in [0.4, 0.5) is 0 Å². The van der Waals surface area contributed by atoms with Crippen LogP contribution in [0.1, 0.15) is 46.2 Å². The molecule has 2 aliphatic carbocycles. The Kier molecular flexibility index (Phi) is 7.34. The first-order chi connectivity index (χ1) is 18.1. The molecule has 2 fully saturated rings. The molecule has 39 heavy (non-hydrogen) atoms. The fourth-order valence-corrected chi connectivity index (χ4v) is 20.8. The van der Waals surface area contributed by atoms with Gasteiger partial charge in [0.1, 0.15) is 0 Å². The normalized spacial score (nSPS) is 21.9. The molecule has 0 saturated carbocycles.